The van der Waals surface area contributed by atoms with Crippen molar-refractivity contribution >= 4 is 16.9 Å². The van der Waals surface area contributed by atoms with Crippen molar-refractivity contribution in [3.8, 4) is 0 Å². The lowest BCUT2D eigenvalue weighted by Gasteiger charge is -2.32. The third kappa shape index (κ3) is 2.49. The van der Waals surface area contributed by atoms with Gasteiger partial charge in [-0.3, -0.25) is 9.78 Å². The zero-order valence-electron chi connectivity index (χ0n) is 11.5. The van der Waals surface area contributed by atoms with Crippen LogP contribution in [0.5, 0.6) is 0 Å². The maximum atomic E-state index is 12.5. The number of piperidine rings is 1. The molecule has 0 bridgehead atoms. The van der Waals surface area contributed by atoms with Crippen LogP contribution in [0.4, 0.5) is 0 Å². The minimum atomic E-state index is -0.0248. The van der Waals surface area contributed by atoms with Gasteiger partial charge in [-0.05, 0) is 32.0 Å². The maximum absolute atomic E-state index is 12.5. The summed E-state index contributed by atoms with van der Waals surface area (Å²) < 4.78 is 0. The second-order valence-electron chi connectivity index (χ2n) is 5.12. The van der Waals surface area contributed by atoms with Gasteiger partial charge in [-0.15, -0.1) is 0 Å². The van der Waals surface area contributed by atoms with Crippen molar-refractivity contribution in [1.82, 2.24) is 20.2 Å². The highest BCUT2D eigenvalue weighted by atomic mass is 16.2. The smallest absolute Gasteiger partial charge is 0.274 e. The van der Waals surface area contributed by atoms with Crippen LogP contribution in [-0.4, -0.2) is 47.0 Å². The van der Waals surface area contributed by atoms with E-state index < -0.39 is 0 Å². The topological polar surface area (TPSA) is 58.1 Å². The average Bonchev–Trinajstić information content (AvgIpc) is 2.53. The second kappa shape index (κ2) is 5.54. The number of hydrogen-bond donors (Lipinski definition) is 1. The minimum absolute atomic E-state index is 0.0248. The van der Waals surface area contributed by atoms with Gasteiger partial charge in [0, 0.05) is 19.1 Å². The van der Waals surface area contributed by atoms with Crippen LogP contribution in [0.1, 0.15) is 23.3 Å². The normalized spacial score (nSPS) is 19.2. The molecule has 5 heteroatoms. The van der Waals surface area contributed by atoms with Crippen LogP contribution in [0.3, 0.4) is 0 Å². The second-order valence-corrected chi connectivity index (χ2v) is 5.12. The highest BCUT2D eigenvalue weighted by molar-refractivity contribution is 5.93. The first kappa shape index (κ1) is 13.0. The number of carbonyl (C=O) groups excluding carboxylic acids is 1. The van der Waals surface area contributed by atoms with E-state index in [2.05, 4.69) is 15.3 Å². The van der Waals surface area contributed by atoms with Gasteiger partial charge in [0.15, 0.2) is 0 Å². The van der Waals surface area contributed by atoms with E-state index in [0.29, 0.717) is 11.7 Å². The fourth-order valence-electron chi connectivity index (χ4n) is 2.62. The van der Waals surface area contributed by atoms with Crippen molar-refractivity contribution < 1.29 is 4.79 Å². The fraction of sp³-hybridized carbons (Fsp3) is 0.400. The van der Waals surface area contributed by atoms with E-state index in [9.17, 15) is 4.79 Å². The Morgan fingerprint density at radius 3 is 2.95 bits per heavy atom. The van der Waals surface area contributed by atoms with Gasteiger partial charge >= 0.3 is 0 Å². The van der Waals surface area contributed by atoms with Crippen LogP contribution in [0.25, 0.3) is 11.0 Å². The number of amides is 1. The molecular formula is C15H18N4O. The predicted octanol–water partition coefficient (Wildman–Crippen LogP) is 1.45. The van der Waals surface area contributed by atoms with E-state index in [-0.39, 0.29) is 5.91 Å². The van der Waals surface area contributed by atoms with E-state index in [1.165, 1.54) is 0 Å². The van der Waals surface area contributed by atoms with E-state index in [4.69, 9.17) is 0 Å². The molecule has 0 saturated carbocycles. The number of benzene rings is 1. The van der Waals surface area contributed by atoms with Gasteiger partial charge in [0.2, 0.25) is 0 Å². The summed E-state index contributed by atoms with van der Waals surface area (Å²) in [7, 11) is 1.94. The molecule has 2 aromatic rings. The molecule has 1 aromatic carbocycles. The first-order valence-electron chi connectivity index (χ1n) is 6.96. The molecule has 20 heavy (non-hydrogen) atoms. The fourth-order valence-corrected chi connectivity index (χ4v) is 2.62. The van der Waals surface area contributed by atoms with Crippen LogP contribution in [0, 0.1) is 0 Å². The minimum Gasteiger partial charge on any atom is -0.336 e. The number of para-hydroxylation sites is 2. The average molecular weight is 270 g/mol. The molecule has 2 heterocycles. The molecule has 1 saturated heterocycles. The zero-order valence-corrected chi connectivity index (χ0v) is 11.5. The Morgan fingerprint density at radius 2 is 2.15 bits per heavy atom. The van der Waals surface area contributed by atoms with E-state index in [1.807, 2.05) is 36.2 Å². The van der Waals surface area contributed by atoms with Gasteiger partial charge in [0.05, 0.1) is 17.2 Å². The van der Waals surface area contributed by atoms with Crippen LogP contribution < -0.4 is 5.32 Å². The zero-order chi connectivity index (χ0) is 13.9. The molecule has 1 atom stereocenters. The SMILES string of the molecule is CNC1CCCN(C(=O)c2cnc3ccccc3n2)C1. The van der Waals surface area contributed by atoms with Gasteiger partial charge in [0.1, 0.15) is 5.69 Å². The van der Waals surface area contributed by atoms with Crippen molar-refractivity contribution in [1.29, 1.82) is 0 Å². The summed E-state index contributed by atoms with van der Waals surface area (Å²) in [5.74, 6) is -0.0248. The third-order valence-electron chi connectivity index (χ3n) is 3.78. The van der Waals surface area contributed by atoms with Crippen LogP contribution in [-0.2, 0) is 0 Å². The van der Waals surface area contributed by atoms with Gasteiger partial charge in [-0.25, -0.2) is 4.98 Å². The van der Waals surface area contributed by atoms with Gasteiger partial charge in [0.25, 0.3) is 5.91 Å². The highest BCUT2D eigenvalue weighted by Crippen LogP contribution is 2.14. The highest BCUT2D eigenvalue weighted by Gasteiger charge is 2.24. The Balaban J connectivity index is 1.84. The summed E-state index contributed by atoms with van der Waals surface area (Å²) in [5.41, 5.74) is 2.01. The first-order chi connectivity index (χ1) is 9.78. The van der Waals surface area contributed by atoms with Gasteiger partial charge in [-0.2, -0.15) is 0 Å². The molecule has 1 amide bonds. The molecule has 1 unspecified atom stereocenters. The number of nitrogens with one attached hydrogen (secondary N) is 1. The van der Waals surface area contributed by atoms with Crippen LogP contribution in [0.15, 0.2) is 30.5 Å². The summed E-state index contributed by atoms with van der Waals surface area (Å²) in [6.45, 7) is 1.54. The number of nitrogens with zero attached hydrogens (tertiary/aromatic N) is 3. The molecule has 5 nitrogen and oxygen atoms in total. The van der Waals surface area contributed by atoms with Crippen molar-refractivity contribution in [3.05, 3.63) is 36.2 Å². The lowest BCUT2D eigenvalue weighted by Crippen LogP contribution is -2.47. The largest absolute Gasteiger partial charge is 0.336 e. The van der Waals surface area contributed by atoms with Gasteiger partial charge in [-0.1, -0.05) is 12.1 Å². The van der Waals surface area contributed by atoms with Crippen molar-refractivity contribution in [2.75, 3.05) is 20.1 Å². The van der Waals surface area contributed by atoms with Crippen molar-refractivity contribution in [2.45, 2.75) is 18.9 Å². The number of hydrogen-bond acceptors (Lipinski definition) is 4. The molecule has 0 radical (unpaired) electrons. The molecule has 1 fully saturated rings. The molecule has 1 aromatic heterocycles. The lowest BCUT2D eigenvalue weighted by atomic mass is 10.1. The monoisotopic (exact) mass is 270 g/mol. The molecule has 1 N–H and O–H groups in total. The van der Waals surface area contributed by atoms with Gasteiger partial charge < -0.3 is 10.2 Å². The van der Waals surface area contributed by atoms with E-state index >= 15 is 0 Å². The molecule has 0 aliphatic carbocycles. The Bertz CT molecular complexity index is 628. The molecular weight excluding hydrogens is 252 g/mol. The summed E-state index contributed by atoms with van der Waals surface area (Å²) in [6.07, 6.45) is 3.72. The molecule has 104 valence electrons. The Hall–Kier alpha value is -2.01. The van der Waals surface area contributed by atoms with Crippen molar-refractivity contribution in [2.24, 2.45) is 0 Å². The Kier molecular flexibility index (Phi) is 3.60. The Morgan fingerprint density at radius 1 is 1.35 bits per heavy atom. The number of aromatic nitrogens is 2. The number of fused-ring (bicyclic) bond motifs is 1. The third-order valence-corrected chi connectivity index (χ3v) is 3.78. The molecule has 0 spiro atoms. The summed E-state index contributed by atoms with van der Waals surface area (Å²) in [4.78, 5) is 23.1. The number of likely N-dealkylation sites (tertiary alicyclic amines) is 1. The molecule has 3 rings (SSSR count). The first-order valence-corrected chi connectivity index (χ1v) is 6.96. The predicted molar refractivity (Wildman–Crippen MR) is 77.5 cm³/mol. The molecule has 1 aliphatic rings. The van der Waals surface area contributed by atoms with E-state index in [1.54, 1.807) is 6.20 Å². The van der Waals surface area contributed by atoms with Crippen molar-refractivity contribution in [3.63, 3.8) is 0 Å². The maximum Gasteiger partial charge on any atom is 0.274 e. The summed E-state index contributed by atoms with van der Waals surface area (Å²) >= 11 is 0. The van der Waals surface area contributed by atoms with Crippen LogP contribution >= 0.6 is 0 Å². The van der Waals surface area contributed by atoms with E-state index in [0.717, 1.165) is 37.0 Å². The number of carbonyl (C=O) groups is 1. The lowest BCUT2D eigenvalue weighted by molar-refractivity contribution is 0.0692. The quantitative estimate of drug-likeness (QED) is 0.897. The number of rotatable bonds is 2. The summed E-state index contributed by atoms with van der Waals surface area (Å²) in [6, 6.07) is 7.98. The number of likely N-dealkylation sites (N-methyl/N-ethyl adjacent to an activating group) is 1. The summed E-state index contributed by atoms with van der Waals surface area (Å²) in [5, 5.41) is 3.24. The Labute approximate surface area is 118 Å². The molecule has 1 aliphatic heterocycles. The standard InChI is InChI=1S/C15H18N4O/c1-16-11-5-4-8-19(10-11)15(20)14-9-17-12-6-2-3-7-13(12)18-14/h2-3,6-7,9,11,16H,4-5,8,10H2,1H3. The van der Waals surface area contributed by atoms with Crippen LogP contribution in [0.2, 0.25) is 0 Å².